The number of hydrogen-bond acceptors (Lipinski definition) is 4. The fourth-order valence-electron chi connectivity index (χ4n) is 5.52. The van der Waals surface area contributed by atoms with Crippen molar-refractivity contribution in [2.75, 3.05) is 44.3 Å². The Kier molecular flexibility index (Phi) is 7.82. The first-order valence-electron chi connectivity index (χ1n) is 13.1. The summed E-state index contributed by atoms with van der Waals surface area (Å²) in [4.78, 5) is 22.1. The van der Waals surface area contributed by atoms with E-state index in [2.05, 4.69) is 57.1 Å². The fourth-order valence-corrected chi connectivity index (χ4v) is 5.52. The first-order valence-corrected chi connectivity index (χ1v) is 13.1. The molecule has 2 aliphatic rings. The van der Waals surface area contributed by atoms with Crippen LogP contribution < -0.4 is 10.2 Å². The van der Waals surface area contributed by atoms with Gasteiger partial charge in [0, 0.05) is 56.1 Å². The molecule has 3 unspecified atom stereocenters. The predicted octanol–water partition coefficient (Wildman–Crippen LogP) is 4.82. The number of pyridine rings is 1. The quantitative estimate of drug-likeness (QED) is 0.515. The van der Waals surface area contributed by atoms with E-state index in [0.717, 1.165) is 43.9 Å². The molecule has 5 nitrogen and oxygen atoms in total. The van der Waals surface area contributed by atoms with Gasteiger partial charge in [0.2, 0.25) is 0 Å². The summed E-state index contributed by atoms with van der Waals surface area (Å²) in [5, 5.41) is 3.30. The second-order valence-corrected chi connectivity index (χ2v) is 9.80. The van der Waals surface area contributed by atoms with Gasteiger partial charge in [-0.3, -0.25) is 9.69 Å². The van der Waals surface area contributed by atoms with E-state index < -0.39 is 0 Å². The first-order chi connectivity index (χ1) is 18.1. The molecule has 0 bridgehead atoms. The van der Waals surface area contributed by atoms with Gasteiger partial charge in [0.15, 0.2) is 0 Å². The third-order valence-electron chi connectivity index (χ3n) is 7.55. The highest BCUT2D eigenvalue weighted by molar-refractivity contribution is 5.94. The fraction of sp³-hybridized carbons (Fsp3) is 0.355. The molecule has 1 aliphatic heterocycles. The van der Waals surface area contributed by atoms with Gasteiger partial charge in [0.1, 0.15) is 12.4 Å². The van der Waals surface area contributed by atoms with Crippen molar-refractivity contribution in [3.05, 3.63) is 95.3 Å². The number of alkyl halides is 1. The van der Waals surface area contributed by atoms with E-state index in [-0.39, 0.29) is 30.5 Å². The number of rotatable bonds is 5. The van der Waals surface area contributed by atoms with E-state index in [9.17, 15) is 9.18 Å². The number of piperazine rings is 1. The molecule has 3 atom stereocenters. The van der Waals surface area contributed by atoms with Gasteiger partial charge in [-0.05, 0) is 59.7 Å². The average Bonchev–Trinajstić information content (AvgIpc) is 2.95. The van der Waals surface area contributed by atoms with Gasteiger partial charge in [-0.1, -0.05) is 49.2 Å². The summed E-state index contributed by atoms with van der Waals surface area (Å²) < 4.78 is 12.9. The largest absolute Gasteiger partial charge is 0.369 e. The lowest BCUT2D eigenvalue weighted by Crippen LogP contribution is -2.47. The van der Waals surface area contributed by atoms with Gasteiger partial charge in [-0.25, -0.2) is 9.37 Å². The molecule has 0 spiro atoms. The standard InChI is InChI=1S/C31H33FN4O/c1-23-25(13-14-26-10-5-6-16-33-26)22-28(34-31(37)24-8-3-2-4-9-24)27-11-7-12-29(30(23)27)36-20-18-35(17-15-32)19-21-36/h2-12,16,23,25,28H,15,17-22H2,1H3,(H,34,37). The summed E-state index contributed by atoms with van der Waals surface area (Å²) in [6, 6.07) is 21.4. The third kappa shape index (κ3) is 5.68. The zero-order valence-corrected chi connectivity index (χ0v) is 21.2. The molecule has 1 aliphatic carbocycles. The molecule has 5 rings (SSSR count). The van der Waals surface area contributed by atoms with Crippen molar-refractivity contribution < 1.29 is 9.18 Å². The number of hydrogen-bond donors (Lipinski definition) is 1. The summed E-state index contributed by atoms with van der Waals surface area (Å²) in [5.74, 6) is 6.94. The van der Waals surface area contributed by atoms with Gasteiger partial charge in [-0.15, -0.1) is 0 Å². The molecule has 1 aromatic heterocycles. The minimum atomic E-state index is -0.308. The molecule has 2 heterocycles. The van der Waals surface area contributed by atoms with Crippen LogP contribution in [0.2, 0.25) is 0 Å². The molecule has 37 heavy (non-hydrogen) atoms. The molecule has 1 amide bonds. The second-order valence-electron chi connectivity index (χ2n) is 9.80. The molecular weight excluding hydrogens is 463 g/mol. The summed E-state index contributed by atoms with van der Waals surface area (Å²) >= 11 is 0. The Balaban J connectivity index is 1.48. The summed E-state index contributed by atoms with van der Waals surface area (Å²) in [5.41, 5.74) is 5.03. The molecule has 2 aromatic carbocycles. The van der Waals surface area contributed by atoms with E-state index in [4.69, 9.17) is 0 Å². The summed E-state index contributed by atoms with van der Waals surface area (Å²) in [7, 11) is 0. The maximum Gasteiger partial charge on any atom is 0.251 e. The predicted molar refractivity (Wildman–Crippen MR) is 145 cm³/mol. The molecule has 190 valence electrons. The van der Waals surface area contributed by atoms with E-state index in [1.807, 2.05) is 48.5 Å². The lowest BCUT2D eigenvalue weighted by molar-refractivity contribution is 0.0929. The topological polar surface area (TPSA) is 48.5 Å². The number of carbonyl (C=O) groups excluding carboxylic acids is 1. The highest BCUT2D eigenvalue weighted by Crippen LogP contribution is 2.45. The van der Waals surface area contributed by atoms with Crippen molar-refractivity contribution in [3.8, 4) is 11.8 Å². The number of nitrogens with zero attached hydrogens (tertiary/aromatic N) is 3. The zero-order chi connectivity index (χ0) is 25.6. The van der Waals surface area contributed by atoms with Crippen LogP contribution in [0.1, 0.15) is 52.5 Å². The van der Waals surface area contributed by atoms with Crippen LogP contribution in [-0.2, 0) is 0 Å². The molecule has 0 radical (unpaired) electrons. The van der Waals surface area contributed by atoms with Crippen molar-refractivity contribution in [3.63, 3.8) is 0 Å². The van der Waals surface area contributed by atoms with Crippen molar-refractivity contribution in [2.24, 2.45) is 5.92 Å². The average molecular weight is 497 g/mol. The molecule has 6 heteroatoms. The number of fused-ring (bicyclic) bond motifs is 1. The molecule has 1 N–H and O–H groups in total. The van der Waals surface area contributed by atoms with Crippen molar-refractivity contribution in [1.82, 2.24) is 15.2 Å². The highest BCUT2D eigenvalue weighted by Gasteiger charge is 2.35. The lowest BCUT2D eigenvalue weighted by Gasteiger charge is -2.41. The Morgan fingerprint density at radius 1 is 1.03 bits per heavy atom. The highest BCUT2D eigenvalue weighted by atomic mass is 19.1. The molecule has 1 saturated heterocycles. The number of carbonyl (C=O) groups is 1. The van der Waals surface area contributed by atoms with Crippen LogP contribution in [0.5, 0.6) is 0 Å². The first kappa shape index (κ1) is 25.0. The van der Waals surface area contributed by atoms with E-state index in [1.165, 1.54) is 11.3 Å². The lowest BCUT2D eigenvalue weighted by atomic mass is 9.73. The molecule has 0 saturated carbocycles. The number of amides is 1. The second kappa shape index (κ2) is 11.6. The van der Waals surface area contributed by atoms with Crippen molar-refractivity contribution >= 4 is 11.6 Å². The molecule has 1 fully saturated rings. The van der Waals surface area contributed by atoms with Gasteiger partial charge in [0.25, 0.3) is 5.91 Å². The van der Waals surface area contributed by atoms with E-state index >= 15 is 0 Å². The number of benzene rings is 2. The normalized spacial score (nSPS) is 21.5. The van der Waals surface area contributed by atoms with Crippen LogP contribution >= 0.6 is 0 Å². The van der Waals surface area contributed by atoms with Crippen molar-refractivity contribution in [1.29, 1.82) is 0 Å². The Hall–Kier alpha value is -3.69. The minimum Gasteiger partial charge on any atom is -0.369 e. The van der Waals surface area contributed by atoms with Gasteiger partial charge in [0.05, 0.1) is 6.04 Å². The van der Waals surface area contributed by atoms with Gasteiger partial charge >= 0.3 is 0 Å². The van der Waals surface area contributed by atoms with E-state index in [1.54, 1.807) is 6.20 Å². The molecular formula is C31H33FN4O. The smallest absolute Gasteiger partial charge is 0.251 e. The number of anilines is 1. The Labute approximate surface area is 218 Å². The minimum absolute atomic E-state index is 0.0598. The number of nitrogens with one attached hydrogen (secondary N) is 1. The van der Waals surface area contributed by atoms with Crippen LogP contribution in [0, 0.1) is 17.8 Å². The van der Waals surface area contributed by atoms with Crippen LogP contribution in [0.3, 0.4) is 0 Å². The molecule has 3 aromatic rings. The van der Waals surface area contributed by atoms with Crippen LogP contribution in [0.15, 0.2) is 72.9 Å². The number of halogens is 1. The third-order valence-corrected chi connectivity index (χ3v) is 7.55. The maximum absolute atomic E-state index is 13.2. The monoisotopic (exact) mass is 496 g/mol. The summed E-state index contributed by atoms with van der Waals surface area (Å²) in [6.45, 7) is 5.84. The Bertz CT molecular complexity index is 1260. The Morgan fingerprint density at radius 2 is 1.81 bits per heavy atom. The zero-order valence-electron chi connectivity index (χ0n) is 21.2. The van der Waals surface area contributed by atoms with Crippen molar-refractivity contribution in [2.45, 2.75) is 25.3 Å². The van der Waals surface area contributed by atoms with Crippen LogP contribution in [0.25, 0.3) is 0 Å². The number of aromatic nitrogens is 1. The SMILES string of the molecule is CC1c2c(cccc2N2CCN(CCF)CC2)C(NC(=O)c2ccccc2)CC1C#Cc1ccccn1. The van der Waals surface area contributed by atoms with Crippen LogP contribution in [0.4, 0.5) is 10.1 Å². The van der Waals surface area contributed by atoms with Gasteiger partial charge in [-0.2, -0.15) is 0 Å². The van der Waals surface area contributed by atoms with Crippen LogP contribution in [-0.4, -0.2) is 55.2 Å². The van der Waals surface area contributed by atoms with Gasteiger partial charge < -0.3 is 10.2 Å². The maximum atomic E-state index is 13.2. The summed E-state index contributed by atoms with van der Waals surface area (Å²) in [6.07, 6.45) is 2.49. The van der Waals surface area contributed by atoms with E-state index in [0.29, 0.717) is 12.1 Å². The Morgan fingerprint density at radius 3 is 2.54 bits per heavy atom.